The lowest BCUT2D eigenvalue weighted by Gasteiger charge is -2.34. The van der Waals surface area contributed by atoms with Gasteiger partial charge in [0.25, 0.3) is 5.91 Å². The Kier molecular flexibility index (Phi) is 4.66. The first-order valence-electron chi connectivity index (χ1n) is 8.02. The molecule has 0 N–H and O–H groups in total. The minimum absolute atomic E-state index is 0.0459. The number of amides is 1. The second kappa shape index (κ2) is 6.73. The van der Waals surface area contributed by atoms with E-state index in [4.69, 9.17) is 0 Å². The van der Waals surface area contributed by atoms with E-state index in [0.29, 0.717) is 38.3 Å². The molecule has 1 aliphatic heterocycles. The molecule has 3 rings (SSSR count). The number of hydrogen-bond acceptors (Lipinski definition) is 2. The van der Waals surface area contributed by atoms with Crippen LogP contribution in [0.25, 0.3) is 0 Å². The highest BCUT2D eigenvalue weighted by Crippen LogP contribution is 2.16. The molecule has 0 bridgehead atoms. The smallest absolute Gasteiger partial charge is 0.255 e. The van der Waals surface area contributed by atoms with Crippen LogP contribution < -0.4 is 0 Å². The van der Waals surface area contributed by atoms with Gasteiger partial charge in [0.05, 0.1) is 5.56 Å². The highest BCUT2D eigenvalue weighted by molar-refractivity contribution is 5.95. The first-order chi connectivity index (χ1) is 11.4. The van der Waals surface area contributed by atoms with Crippen molar-refractivity contribution in [2.45, 2.75) is 13.5 Å². The topological polar surface area (TPSA) is 28.5 Å². The fraction of sp³-hybridized carbons (Fsp3) is 0.389. The maximum absolute atomic E-state index is 13.3. The third-order valence-corrected chi connectivity index (χ3v) is 4.60. The van der Waals surface area contributed by atoms with Crippen LogP contribution in [0.1, 0.15) is 21.6 Å². The van der Waals surface area contributed by atoms with E-state index in [1.807, 2.05) is 35.7 Å². The van der Waals surface area contributed by atoms with Gasteiger partial charge in [0.15, 0.2) is 0 Å². The Hall–Kier alpha value is -2.21. The molecule has 2 aromatic rings. The van der Waals surface area contributed by atoms with Gasteiger partial charge in [0.1, 0.15) is 11.6 Å². The summed E-state index contributed by atoms with van der Waals surface area (Å²) in [4.78, 5) is 16.5. The van der Waals surface area contributed by atoms with Crippen LogP contribution in [0.4, 0.5) is 8.78 Å². The van der Waals surface area contributed by atoms with Crippen LogP contribution in [0.15, 0.2) is 30.5 Å². The predicted molar refractivity (Wildman–Crippen MR) is 87.7 cm³/mol. The highest BCUT2D eigenvalue weighted by Gasteiger charge is 2.24. The Labute approximate surface area is 140 Å². The Morgan fingerprint density at radius 1 is 1.08 bits per heavy atom. The largest absolute Gasteiger partial charge is 0.354 e. The second-order valence-electron chi connectivity index (χ2n) is 6.27. The Morgan fingerprint density at radius 3 is 2.25 bits per heavy atom. The van der Waals surface area contributed by atoms with Gasteiger partial charge in [-0.1, -0.05) is 0 Å². The maximum Gasteiger partial charge on any atom is 0.255 e. The molecule has 128 valence electrons. The zero-order valence-electron chi connectivity index (χ0n) is 13.9. The summed E-state index contributed by atoms with van der Waals surface area (Å²) < 4.78 is 28.5. The van der Waals surface area contributed by atoms with E-state index in [9.17, 15) is 13.6 Å². The summed E-state index contributed by atoms with van der Waals surface area (Å²) in [5, 5.41) is 0. The molecule has 0 atom stereocenters. The van der Waals surface area contributed by atoms with Crippen molar-refractivity contribution in [2.75, 3.05) is 26.2 Å². The Morgan fingerprint density at radius 2 is 1.71 bits per heavy atom. The number of rotatable bonds is 3. The maximum atomic E-state index is 13.3. The summed E-state index contributed by atoms with van der Waals surface area (Å²) >= 11 is 0. The fourth-order valence-electron chi connectivity index (χ4n) is 3.07. The monoisotopic (exact) mass is 333 g/mol. The van der Waals surface area contributed by atoms with Crippen LogP contribution in [0.5, 0.6) is 0 Å². The summed E-state index contributed by atoms with van der Waals surface area (Å²) in [7, 11) is 1.92. The molecular formula is C18H21F2N3O. The molecule has 0 spiro atoms. The summed E-state index contributed by atoms with van der Waals surface area (Å²) in [5.74, 6) is -1.07. The van der Waals surface area contributed by atoms with Crippen molar-refractivity contribution in [3.05, 3.63) is 58.9 Å². The SMILES string of the molecule is Cc1c(C(=O)N2CCN(Cc3cc(F)cc(F)c3)CC2)ccn1C. The van der Waals surface area contributed by atoms with E-state index in [1.54, 1.807) is 0 Å². The van der Waals surface area contributed by atoms with Gasteiger partial charge >= 0.3 is 0 Å². The summed E-state index contributed by atoms with van der Waals surface area (Å²) in [6, 6.07) is 5.43. The normalized spacial score (nSPS) is 15.8. The fourth-order valence-corrected chi connectivity index (χ4v) is 3.07. The van der Waals surface area contributed by atoms with E-state index in [0.717, 1.165) is 17.3 Å². The van der Waals surface area contributed by atoms with Gasteiger partial charge in [-0.25, -0.2) is 8.78 Å². The molecule has 4 nitrogen and oxygen atoms in total. The van der Waals surface area contributed by atoms with Crippen LogP contribution in [-0.2, 0) is 13.6 Å². The van der Waals surface area contributed by atoms with E-state index in [2.05, 4.69) is 4.90 Å². The van der Waals surface area contributed by atoms with Crippen molar-refractivity contribution in [1.29, 1.82) is 0 Å². The molecule has 0 saturated carbocycles. The Bertz CT molecular complexity index is 728. The van der Waals surface area contributed by atoms with Crippen LogP contribution in [0.2, 0.25) is 0 Å². The number of aryl methyl sites for hydroxylation is 1. The molecule has 0 unspecified atom stereocenters. The molecule has 1 fully saturated rings. The molecule has 2 heterocycles. The average Bonchev–Trinajstić information content (AvgIpc) is 2.86. The minimum Gasteiger partial charge on any atom is -0.354 e. The molecule has 1 aliphatic rings. The Balaban J connectivity index is 1.59. The lowest BCUT2D eigenvalue weighted by Crippen LogP contribution is -2.48. The quantitative estimate of drug-likeness (QED) is 0.864. The molecule has 0 aliphatic carbocycles. The van der Waals surface area contributed by atoms with Crippen LogP contribution in [0.3, 0.4) is 0 Å². The number of benzene rings is 1. The molecule has 1 aromatic carbocycles. The average molecular weight is 333 g/mol. The summed E-state index contributed by atoms with van der Waals surface area (Å²) in [5.41, 5.74) is 2.31. The van der Waals surface area contributed by atoms with Gasteiger partial charge < -0.3 is 9.47 Å². The van der Waals surface area contributed by atoms with Gasteiger partial charge in [-0.05, 0) is 30.7 Å². The number of hydrogen-bond donors (Lipinski definition) is 0. The standard InChI is InChI=1S/C18H21F2N3O/c1-13-17(3-4-21(13)2)18(24)23-7-5-22(6-8-23)12-14-9-15(19)11-16(20)10-14/h3-4,9-11H,5-8,12H2,1-2H3. The predicted octanol–water partition coefficient (Wildman–Crippen LogP) is 2.57. The van der Waals surface area contributed by atoms with Crippen molar-refractivity contribution < 1.29 is 13.6 Å². The van der Waals surface area contributed by atoms with Crippen molar-refractivity contribution >= 4 is 5.91 Å². The molecule has 24 heavy (non-hydrogen) atoms. The minimum atomic E-state index is -0.557. The van der Waals surface area contributed by atoms with Gasteiger partial charge in [0, 0.05) is 57.7 Å². The molecule has 1 aromatic heterocycles. The third-order valence-electron chi connectivity index (χ3n) is 4.60. The molecule has 6 heteroatoms. The van der Waals surface area contributed by atoms with Crippen molar-refractivity contribution in [3.63, 3.8) is 0 Å². The van der Waals surface area contributed by atoms with E-state index >= 15 is 0 Å². The van der Waals surface area contributed by atoms with E-state index in [-0.39, 0.29) is 5.91 Å². The van der Waals surface area contributed by atoms with Gasteiger partial charge in [-0.3, -0.25) is 9.69 Å². The second-order valence-corrected chi connectivity index (χ2v) is 6.27. The van der Waals surface area contributed by atoms with Crippen molar-refractivity contribution in [3.8, 4) is 0 Å². The number of carbonyl (C=O) groups excluding carboxylic acids is 1. The summed E-state index contributed by atoms with van der Waals surface area (Å²) in [6.07, 6.45) is 1.89. The zero-order chi connectivity index (χ0) is 17.3. The van der Waals surface area contributed by atoms with E-state index < -0.39 is 11.6 Å². The van der Waals surface area contributed by atoms with Crippen LogP contribution >= 0.6 is 0 Å². The lowest BCUT2D eigenvalue weighted by atomic mass is 10.1. The van der Waals surface area contributed by atoms with Crippen LogP contribution in [-0.4, -0.2) is 46.5 Å². The number of halogens is 2. The molecule has 0 radical (unpaired) electrons. The zero-order valence-corrected chi connectivity index (χ0v) is 13.9. The number of carbonyl (C=O) groups is 1. The van der Waals surface area contributed by atoms with Crippen molar-refractivity contribution in [2.24, 2.45) is 7.05 Å². The third kappa shape index (κ3) is 3.48. The number of piperazine rings is 1. The number of aromatic nitrogens is 1. The summed E-state index contributed by atoms with van der Waals surface area (Å²) in [6.45, 7) is 5.03. The first kappa shape index (κ1) is 16.6. The van der Waals surface area contributed by atoms with Gasteiger partial charge in [0.2, 0.25) is 0 Å². The lowest BCUT2D eigenvalue weighted by molar-refractivity contribution is 0.0627. The van der Waals surface area contributed by atoms with Gasteiger partial charge in [-0.15, -0.1) is 0 Å². The molecular weight excluding hydrogens is 312 g/mol. The van der Waals surface area contributed by atoms with E-state index in [1.165, 1.54) is 12.1 Å². The van der Waals surface area contributed by atoms with Gasteiger partial charge in [-0.2, -0.15) is 0 Å². The van der Waals surface area contributed by atoms with Crippen LogP contribution in [0, 0.1) is 18.6 Å². The molecule has 1 amide bonds. The first-order valence-corrected chi connectivity index (χ1v) is 8.02. The molecule has 1 saturated heterocycles. The highest BCUT2D eigenvalue weighted by atomic mass is 19.1. The number of nitrogens with zero attached hydrogens (tertiary/aromatic N) is 3. The van der Waals surface area contributed by atoms with Crippen molar-refractivity contribution in [1.82, 2.24) is 14.4 Å².